The zero-order valence-corrected chi connectivity index (χ0v) is 55.1. The standard InChI is InChI=1S/C61H109N11O12/c1-24-27-28-39(15)51(74)50-55(78)64-42(26-3)57(80)67(18)32-46(73)65-48(38(14)25-2)54(77)66-47(36(10)11)60(83)68(19)43(29-33(4)5)53(76)62-40(16)52(75)63-41(17)56(79)69(20)44(30-34(6)7)58(81)70(21)45(31-35(8)9)59(82)71(22)49(37(12)13)61(84)72(50)23/h24,27,33-45,47-51,74H,25-26,28-32H2,1-23H3,(H,62,76)(H,63,75)(H,64,78)(H,65,73)(H,66,77)/b27-24+/t38?,39-,40?,41-,42?,43-,44+,45+,47-,48?,49+,50?,51-/m1/s1. The molecule has 1 rings (SSSR count). The largest absolute Gasteiger partial charge is 0.390 e. The molecule has 1 fully saturated rings. The number of carbonyl (C=O) groups is 11. The summed E-state index contributed by atoms with van der Waals surface area (Å²) in [5.41, 5.74) is 0. The van der Waals surface area contributed by atoms with Crippen molar-refractivity contribution in [3.63, 3.8) is 0 Å². The average Bonchev–Trinajstić information content (AvgIpc) is 3.53. The van der Waals surface area contributed by atoms with Gasteiger partial charge in [0.25, 0.3) is 0 Å². The Morgan fingerprint density at radius 2 is 0.952 bits per heavy atom. The second kappa shape index (κ2) is 34.7. The van der Waals surface area contributed by atoms with Crippen LogP contribution in [0.3, 0.4) is 0 Å². The van der Waals surface area contributed by atoms with Crippen molar-refractivity contribution >= 4 is 65.0 Å². The number of aliphatic hydroxyl groups is 1. The van der Waals surface area contributed by atoms with Crippen LogP contribution in [0.2, 0.25) is 0 Å². The van der Waals surface area contributed by atoms with Crippen molar-refractivity contribution in [2.75, 3.05) is 48.8 Å². The lowest BCUT2D eigenvalue weighted by molar-refractivity contribution is -0.157. The normalized spacial score (nSPS) is 27.3. The highest BCUT2D eigenvalue weighted by molar-refractivity contribution is 5.99. The van der Waals surface area contributed by atoms with Gasteiger partial charge in [-0.1, -0.05) is 116 Å². The van der Waals surface area contributed by atoms with Crippen LogP contribution in [0, 0.1) is 41.4 Å². The monoisotopic (exact) mass is 1190 g/mol. The van der Waals surface area contributed by atoms with Crippen molar-refractivity contribution in [3.8, 4) is 0 Å². The summed E-state index contributed by atoms with van der Waals surface area (Å²) in [4.78, 5) is 166. The van der Waals surface area contributed by atoms with Gasteiger partial charge in [0.05, 0.1) is 12.6 Å². The van der Waals surface area contributed by atoms with Gasteiger partial charge >= 0.3 is 0 Å². The maximum atomic E-state index is 15.1. The van der Waals surface area contributed by atoms with Crippen LogP contribution in [0.1, 0.15) is 156 Å². The number of rotatable bonds is 15. The Balaban J connectivity index is 4.28. The molecule has 0 bridgehead atoms. The number of aliphatic hydroxyl groups excluding tert-OH is 1. The summed E-state index contributed by atoms with van der Waals surface area (Å²) in [7, 11) is 8.46. The van der Waals surface area contributed by atoms with Gasteiger partial charge in [0.15, 0.2) is 0 Å². The summed E-state index contributed by atoms with van der Waals surface area (Å²) >= 11 is 0. The average molecular weight is 1190 g/mol. The van der Waals surface area contributed by atoms with Gasteiger partial charge in [-0.25, -0.2) is 0 Å². The first-order valence-electron chi connectivity index (χ1n) is 30.2. The zero-order chi connectivity index (χ0) is 65.1. The van der Waals surface area contributed by atoms with Gasteiger partial charge in [0.1, 0.15) is 60.4 Å². The Morgan fingerprint density at radius 3 is 1.42 bits per heavy atom. The van der Waals surface area contributed by atoms with Crippen LogP contribution in [-0.2, 0) is 52.7 Å². The number of likely N-dealkylation sites (N-methyl/N-ethyl adjacent to an activating group) is 6. The van der Waals surface area contributed by atoms with E-state index in [0.29, 0.717) is 12.8 Å². The summed E-state index contributed by atoms with van der Waals surface area (Å²) < 4.78 is 0. The lowest BCUT2D eigenvalue weighted by Gasteiger charge is -2.41. The van der Waals surface area contributed by atoms with Crippen LogP contribution >= 0.6 is 0 Å². The van der Waals surface area contributed by atoms with E-state index >= 15 is 9.59 Å². The minimum absolute atomic E-state index is 0.0200. The minimum atomic E-state index is -1.61. The van der Waals surface area contributed by atoms with E-state index in [1.165, 1.54) is 75.7 Å². The van der Waals surface area contributed by atoms with Gasteiger partial charge in [-0.15, -0.1) is 0 Å². The number of nitrogens with zero attached hydrogens (tertiary/aromatic N) is 6. The highest BCUT2D eigenvalue weighted by atomic mass is 16.3. The highest BCUT2D eigenvalue weighted by Crippen LogP contribution is 2.25. The fourth-order valence-electron chi connectivity index (χ4n) is 10.4. The van der Waals surface area contributed by atoms with E-state index in [1.807, 2.05) is 48.5 Å². The van der Waals surface area contributed by atoms with Crippen LogP contribution in [-0.4, -0.2) is 215 Å². The minimum Gasteiger partial charge on any atom is -0.390 e. The van der Waals surface area contributed by atoms with Crippen molar-refractivity contribution in [3.05, 3.63) is 12.2 Å². The molecule has 1 aliphatic heterocycles. The second-order valence-corrected chi connectivity index (χ2v) is 25.4. The van der Waals surface area contributed by atoms with E-state index < -0.39 is 162 Å². The molecule has 84 heavy (non-hydrogen) atoms. The van der Waals surface area contributed by atoms with E-state index in [9.17, 15) is 48.3 Å². The molecular weight excluding hydrogens is 1080 g/mol. The smallest absolute Gasteiger partial charge is 0.246 e. The van der Waals surface area contributed by atoms with Gasteiger partial charge in [0.2, 0.25) is 65.0 Å². The van der Waals surface area contributed by atoms with Crippen LogP contribution < -0.4 is 26.6 Å². The van der Waals surface area contributed by atoms with Crippen LogP contribution in [0.25, 0.3) is 0 Å². The number of carbonyl (C=O) groups excluding carboxylic acids is 11. The predicted molar refractivity (Wildman–Crippen MR) is 324 cm³/mol. The van der Waals surface area contributed by atoms with E-state index in [0.717, 1.165) is 9.80 Å². The third kappa shape index (κ3) is 21.1. The molecule has 480 valence electrons. The topological polar surface area (TPSA) is 288 Å². The molecule has 1 saturated heterocycles. The number of amides is 11. The molecule has 13 atom stereocenters. The zero-order valence-electron chi connectivity index (χ0n) is 55.1. The van der Waals surface area contributed by atoms with Crippen molar-refractivity contribution < 1.29 is 57.8 Å². The molecule has 0 radical (unpaired) electrons. The third-order valence-corrected chi connectivity index (χ3v) is 16.0. The fourth-order valence-corrected chi connectivity index (χ4v) is 10.4. The Hall–Kier alpha value is -6.13. The van der Waals surface area contributed by atoms with Crippen LogP contribution in [0.5, 0.6) is 0 Å². The first-order chi connectivity index (χ1) is 38.8. The SMILES string of the molecule is C/C=C/C[C@@H](C)[C@@H](O)C1C(=O)NC(CC)C(=O)N(C)CC(=O)NC(C(C)CC)C(=O)N[C@H](C(C)C)C(=O)N(C)[C@H](CC(C)C)C(=O)NC(C)C(=O)N[C@H](C)C(=O)N(C)[C@@H](CC(C)C)C(=O)N(C)[C@@H](CC(C)C)C(=O)N(C)[C@@H](C(C)C)C(=O)N1C. The molecule has 5 unspecified atom stereocenters. The van der Waals surface area contributed by atoms with E-state index in [-0.39, 0.29) is 43.4 Å². The summed E-state index contributed by atoms with van der Waals surface area (Å²) in [5, 5.41) is 25.7. The maximum absolute atomic E-state index is 15.1. The lowest BCUT2D eigenvalue weighted by Crippen LogP contribution is -2.63. The number of nitrogens with one attached hydrogen (secondary N) is 5. The molecule has 23 nitrogen and oxygen atoms in total. The molecule has 1 aliphatic rings. The van der Waals surface area contributed by atoms with Gasteiger partial charge in [-0.3, -0.25) is 52.7 Å². The lowest BCUT2D eigenvalue weighted by atomic mass is 9.91. The van der Waals surface area contributed by atoms with E-state index in [4.69, 9.17) is 0 Å². The molecule has 11 amide bonds. The molecule has 0 aromatic heterocycles. The van der Waals surface area contributed by atoms with Crippen molar-refractivity contribution in [1.82, 2.24) is 56.0 Å². The molecule has 0 aliphatic carbocycles. The Labute approximate surface area is 502 Å². The Morgan fingerprint density at radius 1 is 0.488 bits per heavy atom. The Bertz CT molecular complexity index is 2290. The second-order valence-electron chi connectivity index (χ2n) is 25.4. The molecular formula is C61H109N11O12. The van der Waals surface area contributed by atoms with Gasteiger partial charge in [-0.05, 0) is 94.3 Å². The maximum Gasteiger partial charge on any atom is 0.246 e. The Kier molecular flexibility index (Phi) is 31.4. The van der Waals surface area contributed by atoms with Gasteiger partial charge in [-0.2, -0.15) is 0 Å². The van der Waals surface area contributed by atoms with Gasteiger partial charge in [0, 0.05) is 42.3 Å². The van der Waals surface area contributed by atoms with Gasteiger partial charge < -0.3 is 61.1 Å². The molecule has 0 aromatic rings. The van der Waals surface area contributed by atoms with Crippen molar-refractivity contribution in [2.24, 2.45) is 41.4 Å². The van der Waals surface area contributed by atoms with E-state index in [2.05, 4.69) is 26.6 Å². The first kappa shape index (κ1) is 75.9. The predicted octanol–water partition coefficient (Wildman–Crippen LogP) is 2.93. The number of hydrogen-bond donors (Lipinski definition) is 6. The molecule has 6 N–H and O–H groups in total. The van der Waals surface area contributed by atoms with Crippen molar-refractivity contribution in [2.45, 2.75) is 223 Å². The van der Waals surface area contributed by atoms with E-state index in [1.54, 1.807) is 67.5 Å². The highest BCUT2D eigenvalue weighted by Gasteiger charge is 2.45. The summed E-state index contributed by atoms with van der Waals surface area (Å²) in [5.74, 6) is -10.2. The molecule has 0 saturated carbocycles. The van der Waals surface area contributed by atoms with Crippen molar-refractivity contribution in [1.29, 1.82) is 0 Å². The number of hydrogen-bond acceptors (Lipinski definition) is 12. The quantitative estimate of drug-likeness (QED) is 0.129. The summed E-state index contributed by atoms with van der Waals surface area (Å²) in [6, 6.07) is -12.4. The fraction of sp³-hybridized carbons (Fsp3) is 0.787. The third-order valence-electron chi connectivity index (χ3n) is 16.0. The molecule has 0 aromatic carbocycles. The summed E-state index contributed by atoms with van der Waals surface area (Å²) in [6.45, 7) is 29.1. The molecule has 1 heterocycles. The first-order valence-corrected chi connectivity index (χ1v) is 30.2. The molecule has 23 heteroatoms. The number of allylic oxidation sites excluding steroid dienone is 2. The molecule has 0 spiro atoms. The summed E-state index contributed by atoms with van der Waals surface area (Å²) in [6.07, 6.45) is 3.29. The van der Waals surface area contributed by atoms with Crippen LogP contribution in [0.4, 0.5) is 0 Å². The van der Waals surface area contributed by atoms with Crippen LogP contribution in [0.15, 0.2) is 12.2 Å².